The highest BCUT2D eigenvalue weighted by atomic mass is 35.5. The topological polar surface area (TPSA) is 75.7 Å². The molecule has 0 unspecified atom stereocenters. The summed E-state index contributed by atoms with van der Waals surface area (Å²) in [6.45, 7) is 1.43. The molecule has 0 spiro atoms. The normalized spacial score (nSPS) is 13.4. The summed E-state index contributed by atoms with van der Waals surface area (Å²) in [5.74, 6) is -0.962. The minimum Gasteiger partial charge on any atom is -0.495 e. The highest BCUT2D eigenvalue weighted by Gasteiger charge is 2.32. The van der Waals surface area contributed by atoms with Crippen LogP contribution in [0.4, 0.5) is 5.69 Å². The summed E-state index contributed by atoms with van der Waals surface area (Å²) in [4.78, 5) is 38.1. The average molecular weight is 373 g/mol. The molecule has 1 heterocycles. The smallest absolute Gasteiger partial charge is 0.261 e. The lowest BCUT2D eigenvalue weighted by atomic mass is 9.98. The molecule has 2 aromatic rings. The van der Waals surface area contributed by atoms with Crippen LogP contribution in [-0.2, 0) is 16.0 Å². The molecule has 0 fully saturated rings. The lowest BCUT2D eigenvalue weighted by molar-refractivity contribution is -0.131. The van der Waals surface area contributed by atoms with E-state index in [-0.39, 0.29) is 13.0 Å². The standard InChI is InChI=1S/C19H17ClN2O4/c1-11-7-15(16(26-2)9-14(11)20)21-17(23)10-22-18(24)8-12-5-3-4-6-13(12)19(22)25/h3-7,9H,8,10H2,1-2H3,(H,21,23). The Kier molecular flexibility index (Phi) is 4.95. The van der Waals surface area contributed by atoms with E-state index in [0.717, 1.165) is 10.5 Å². The van der Waals surface area contributed by atoms with Gasteiger partial charge in [-0.15, -0.1) is 0 Å². The van der Waals surface area contributed by atoms with Crippen LogP contribution in [0.1, 0.15) is 21.5 Å². The van der Waals surface area contributed by atoms with Gasteiger partial charge in [0.2, 0.25) is 11.8 Å². The molecule has 6 nitrogen and oxygen atoms in total. The van der Waals surface area contributed by atoms with Gasteiger partial charge in [0.1, 0.15) is 12.3 Å². The van der Waals surface area contributed by atoms with Gasteiger partial charge < -0.3 is 10.1 Å². The third kappa shape index (κ3) is 3.41. The van der Waals surface area contributed by atoms with Gasteiger partial charge >= 0.3 is 0 Å². The number of methoxy groups -OCH3 is 1. The van der Waals surface area contributed by atoms with E-state index in [2.05, 4.69) is 5.32 Å². The van der Waals surface area contributed by atoms with Crippen molar-refractivity contribution in [2.24, 2.45) is 0 Å². The van der Waals surface area contributed by atoms with E-state index in [1.54, 1.807) is 43.3 Å². The number of fused-ring (bicyclic) bond motifs is 1. The maximum Gasteiger partial charge on any atom is 0.261 e. The second-order valence-electron chi connectivity index (χ2n) is 5.97. The Hall–Kier alpha value is -2.86. The van der Waals surface area contributed by atoms with Gasteiger partial charge in [0.15, 0.2) is 0 Å². The summed E-state index contributed by atoms with van der Waals surface area (Å²) in [6, 6.07) is 10.2. The number of anilines is 1. The zero-order valence-corrected chi connectivity index (χ0v) is 15.1. The van der Waals surface area contributed by atoms with Crippen LogP contribution >= 0.6 is 11.6 Å². The molecule has 3 rings (SSSR count). The first kappa shape index (κ1) is 17.9. The predicted octanol–water partition coefficient (Wildman–Crippen LogP) is 2.82. The van der Waals surface area contributed by atoms with Gasteiger partial charge in [0, 0.05) is 16.7 Å². The number of carbonyl (C=O) groups excluding carboxylic acids is 3. The van der Waals surface area contributed by atoms with Crippen molar-refractivity contribution < 1.29 is 19.1 Å². The van der Waals surface area contributed by atoms with Crippen molar-refractivity contribution in [3.63, 3.8) is 0 Å². The van der Waals surface area contributed by atoms with Crippen molar-refractivity contribution in [1.82, 2.24) is 4.90 Å². The summed E-state index contributed by atoms with van der Waals surface area (Å²) in [5, 5.41) is 3.19. The zero-order chi connectivity index (χ0) is 18.8. The van der Waals surface area contributed by atoms with Crippen molar-refractivity contribution in [3.05, 3.63) is 58.1 Å². The molecule has 0 bridgehead atoms. The monoisotopic (exact) mass is 372 g/mol. The summed E-state index contributed by atoms with van der Waals surface area (Å²) in [7, 11) is 1.46. The largest absolute Gasteiger partial charge is 0.495 e. The third-order valence-corrected chi connectivity index (χ3v) is 4.60. The fourth-order valence-electron chi connectivity index (χ4n) is 2.82. The first-order valence-corrected chi connectivity index (χ1v) is 8.35. The van der Waals surface area contributed by atoms with E-state index >= 15 is 0 Å². The number of aryl methyl sites for hydroxylation is 1. The van der Waals surface area contributed by atoms with Crippen LogP contribution in [0.3, 0.4) is 0 Å². The molecule has 0 radical (unpaired) electrons. The molecule has 1 N–H and O–H groups in total. The molecular weight excluding hydrogens is 356 g/mol. The Bertz CT molecular complexity index is 910. The van der Waals surface area contributed by atoms with Gasteiger partial charge in [0.05, 0.1) is 19.2 Å². The Morgan fingerprint density at radius 3 is 2.73 bits per heavy atom. The van der Waals surface area contributed by atoms with E-state index in [9.17, 15) is 14.4 Å². The van der Waals surface area contributed by atoms with Gasteiger partial charge in [-0.05, 0) is 30.2 Å². The molecule has 0 atom stereocenters. The van der Waals surface area contributed by atoms with Crippen LogP contribution in [-0.4, -0.2) is 36.3 Å². The zero-order valence-electron chi connectivity index (χ0n) is 14.3. The number of carbonyl (C=O) groups is 3. The second kappa shape index (κ2) is 7.17. The molecule has 0 aromatic heterocycles. The quantitative estimate of drug-likeness (QED) is 0.837. The van der Waals surface area contributed by atoms with E-state index in [0.29, 0.717) is 27.6 Å². The number of nitrogens with one attached hydrogen (secondary N) is 1. The van der Waals surface area contributed by atoms with Crippen LogP contribution in [0.5, 0.6) is 5.75 Å². The maximum absolute atomic E-state index is 12.5. The van der Waals surface area contributed by atoms with Gasteiger partial charge in [-0.25, -0.2) is 0 Å². The SMILES string of the molecule is COc1cc(Cl)c(C)cc1NC(=O)CN1C(=O)Cc2ccccc2C1=O. The summed E-state index contributed by atoms with van der Waals surface area (Å²) in [6.07, 6.45) is 0.0958. The van der Waals surface area contributed by atoms with Crippen molar-refractivity contribution in [2.75, 3.05) is 19.0 Å². The molecule has 2 aromatic carbocycles. The predicted molar refractivity (Wildman–Crippen MR) is 97.6 cm³/mol. The number of amides is 3. The highest BCUT2D eigenvalue weighted by molar-refractivity contribution is 6.31. The summed E-state index contributed by atoms with van der Waals surface area (Å²) in [5.41, 5.74) is 2.31. The van der Waals surface area contributed by atoms with Crippen molar-refractivity contribution in [1.29, 1.82) is 0 Å². The lowest BCUT2D eigenvalue weighted by Gasteiger charge is -2.26. The Balaban J connectivity index is 1.78. The maximum atomic E-state index is 12.5. The molecule has 0 saturated heterocycles. The summed E-state index contributed by atoms with van der Waals surface area (Å²) < 4.78 is 5.21. The molecule has 3 amide bonds. The van der Waals surface area contributed by atoms with E-state index < -0.39 is 17.7 Å². The Labute approximate surface area is 155 Å². The average Bonchev–Trinajstić information content (AvgIpc) is 2.61. The Morgan fingerprint density at radius 2 is 2.00 bits per heavy atom. The number of hydrogen-bond donors (Lipinski definition) is 1. The molecule has 0 aliphatic carbocycles. The van der Waals surface area contributed by atoms with Crippen molar-refractivity contribution in [2.45, 2.75) is 13.3 Å². The fourth-order valence-corrected chi connectivity index (χ4v) is 2.98. The van der Waals surface area contributed by atoms with Gasteiger partial charge in [-0.3, -0.25) is 19.3 Å². The van der Waals surface area contributed by atoms with Gasteiger partial charge in [0.25, 0.3) is 5.91 Å². The third-order valence-electron chi connectivity index (χ3n) is 4.19. The lowest BCUT2D eigenvalue weighted by Crippen LogP contribution is -2.46. The number of benzene rings is 2. The minimum absolute atomic E-state index is 0.0958. The molecule has 1 aliphatic heterocycles. The van der Waals surface area contributed by atoms with Crippen LogP contribution in [0.15, 0.2) is 36.4 Å². The van der Waals surface area contributed by atoms with Gasteiger partial charge in [-0.2, -0.15) is 0 Å². The molecule has 0 saturated carbocycles. The van der Waals surface area contributed by atoms with Crippen LogP contribution in [0.2, 0.25) is 5.02 Å². The highest BCUT2D eigenvalue weighted by Crippen LogP contribution is 2.31. The number of hydrogen-bond acceptors (Lipinski definition) is 4. The van der Waals surface area contributed by atoms with Crippen molar-refractivity contribution in [3.8, 4) is 5.75 Å². The van der Waals surface area contributed by atoms with Crippen molar-refractivity contribution >= 4 is 35.0 Å². The molecule has 134 valence electrons. The molecule has 26 heavy (non-hydrogen) atoms. The van der Waals surface area contributed by atoms with Crippen LogP contribution in [0.25, 0.3) is 0 Å². The van der Waals surface area contributed by atoms with Gasteiger partial charge in [-0.1, -0.05) is 29.8 Å². The van der Waals surface area contributed by atoms with Crippen LogP contribution < -0.4 is 10.1 Å². The molecule has 7 heteroatoms. The minimum atomic E-state index is -0.494. The first-order valence-electron chi connectivity index (χ1n) is 7.97. The number of ether oxygens (including phenoxy) is 1. The fraction of sp³-hybridized carbons (Fsp3) is 0.211. The van der Waals surface area contributed by atoms with E-state index in [1.807, 2.05) is 0 Å². The number of halogens is 1. The molecule has 1 aliphatic rings. The molecular formula is C19H17ClN2O4. The number of rotatable bonds is 4. The second-order valence-corrected chi connectivity index (χ2v) is 6.38. The van der Waals surface area contributed by atoms with Crippen LogP contribution in [0, 0.1) is 6.92 Å². The first-order chi connectivity index (χ1) is 12.4. The number of nitrogens with zero attached hydrogens (tertiary/aromatic N) is 1. The Morgan fingerprint density at radius 1 is 1.27 bits per heavy atom. The van der Waals surface area contributed by atoms with E-state index in [4.69, 9.17) is 16.3 Å². The summed E-state index contributed by atoms with van der Waals surface area (Å²) >= 11 is 6.05. The van der Waals surface area contributed by atoms with E-state index in [1.165, 1.54) is 7.11 Å². The number of imide groups is 1.